The molecule has 0 aliphatic heterocycles. The van der Waals surface area contributed by atoms with Crippen LogP contribution >= 0.6 is 0 Å². The Balaban J connectivity index is 3.09. The molecule has 0 heterocycles. The predicted molar refractivity (Wildman–Crippen MR) is 61.7 cm³/mol. The summed E-state index contributed by atoms with van der Waals surface area (Å²) in [5, 5.41) is 10.8. The van der Waals surface area contributed by atoms with Crippen LogP contribution in [0.1, 0.15) is 24.5 Å². The van der Waals surface area contributed by atoms with Gasteiger partial charge in [-0.3, -0.25) is 9.59 Å². The molecule has 0 aliphatic rings. The van der Waals surface area contributed by atoms with Crippen molar-refractivity contribution in [1.82, 2.24) is 0 Å². The van der Waals surface area contributed by atoms with Gasteiger partial charge in [-0.05, 0) is 24.1 Å². The Morgan fingerprint density at radius 3 is 2.42 bits per heavy atom. The Morgan fingerprint density at radius 1 is 1.32 bits per heavy atom. The van der Waals surface area contributed by atoms with Crippen LogP contribution in [0.5, 0.6) is 0 Å². The predicted octanol–water partition coefficient (Wildman–Crippen LogP) is 2.68. The summed E-state index contributed by atoms with van der Waals surface area (Å²) >= 11 is 0. The second-order valence-corrected chi connectivity index (χ2v) is 3.94. The van der Waals surface area contributed by atoms with Gasteiger partial charge in [0.2, 0.25) is 5.91 Å². The molecule has 0 aromatic heterocycles. The summed E-state index contributed by atoms with van der Waals surface area (Å²) < 4.78 is 37.6. The highest BCUT2D eigenvalue weighted by Gasteiger charge is 2.31. The number of hydrogen-bond acceptors (Lipinski definition) is 2. The number of carboxylic acid groups (broad SMARTS) is 1. The van der Waals surface area contributed by atoms with Crippen molar-refractivity contribution in [2.75, 3.05) is 5.32 Å². The maximum Gasteiger partial charge on any atom is 0.416 e. The topological polar surface area (TPSA) is 66.4 Å². The van der Waals surface area contributed by atoms with Crippen molar-refractivity contribution in [1.29, 1.82) is 0 Å². The zero-order valence-electron chi connectivity index (χ0n) is 10.0. The first-order chi connectivity index (χ1) is 8.70. The fraction of sp³-hybridized carbons (Fsp3) is 0.333. The maximum absolute atomic E-state index is 12.5. The Hall–Kier alpha value is -2.05. The minimum atomic E-state index is -4.52. The summed E-state index contributed by atoms with van der Waals surface area (Å²) in [5.41, 5.74) is -0.551. The van der Waals surface area contributed by atoms with Crippen molar-refractivity contribution >= 4 is 17.6 Å². The van der Waals surface area contributed by atoms with Gasteiger partial charge >= 0.3 is 12.1 Å². The number of anilines is 1. The van der Waals surface area contributed by atoms with E-state index in [9.17, 15) is 22.8 Å². The quantitative estimate of drug-likeness (QED) is 0.887. The number of benzene rings is 1. The first-order valence-electron chi connectivity index (χ1n) is 5.39. The third-order valence-electron chi connectivity index (χ3n) is 2.36. The third kappa shape index (κ3) is 4.61. The van der Waals surface area contributed by atoms with E-state index in [0.29, 0.717) is 5.56 Å². The standard InChI is InChI=1S/C12H12F3NO3/c1-7(17)16-10-6-9(12(13,14)15)4-2-8(10)3-5-11(18)19/h2,4,6H,3,5H2,1H3,(H,16,17)(H,18,19). The molecule has 0 aliphatic carbocycles. The Labute approximate surface area is 107 Å². The highest BCUT2D eigenvalue weighted by atomic mass is 19.4. The van der Waals surface area contributed by atoms with E-state index in [-0.39, 0.29) is 18.5 Å². The molecule has 2 N–H and O–H groups in total. The molecule has 1 aromatic carbocycles. The summed E-state index contributed by atoms with van der Waals surface area (Å²) in [6.07, 6.45) is -4.69. The maximum atomic E-state index is 12.5. The number of carbonyl (C=O) groups is 2. The van der Waals surface area contributed by atoms with Crippen molar-refractivity contribution < 1.29 is 27.9 Å². The fourth-order valence-electron chi connectivity index (χ4n) is 1.52. The van der Waals surface area contributed by atoms with Crippen LogP contribution in [0.2, 0.25) is 0 Å². The Morgan fingerprint density at radius 2 is 1.95 bits per heavy atom. The van der Waals surface area contributed by atoms with Gasteiger partial charge < -0.3 is 10.4 Å². The highest BCUT2D eigenvalue weighted by Crippen LogP contribution is 2.32. The van der Waals surface area contributed by atoms with Gasteiger partial charge in [0.25, 0.3) is 0 Å². The second-order valence-electron chi connectivity index (χ2n) is 3.94. The molecule has 0 atom stereocenters. The number of nitrogens with one attached hydrogen (secondary N) is 1. The molecule has 104 valence electrons. The van der Waals surface area contributed by atoms with E-state index in [4.69, 9.17) is 5.11 Å². The lowest BCUT2D eigenvalue weighted by molar-refractivity contribution is -0.138. The number of aryl methyl sites for hydroxylation is 1. The molecule has 1 aromatic rings. The van der Waals surface area contributed by atoms with E-state index in [1.807, 2.05) is 0 Å². The summed E-state index contributed by atoms with van der Waals surface area (Å²) in [7, 11) is 0. The van der Waals surface area contributed by atoms with Crippen molar-refractivity contribution in [2.24, 2.45) is 0 Å². The molecule has 0 spiro atoms. The lowest BCUT2D eigenvalue weighted by atomic mass is 10.0. The third-order valence-corrected chi connectivity index (χ3v) is 2.36. The lowest BCUT2D eigenvalue weighted by Gasteiger charge is -2.13. The number of amides is 1. The van der Waals surface area contributed by atoms with Crippen molar-refractivity contribution in [3.8, 4) is 0 Å². The smallest absolute Gasteiger partial charge is 0.416 e. The molecular weight excluding hydrogens is 263 g/mol. The van der Waals surface area contributed by atoms with Gasteiger partial charge in [-0.1, -0.05) is 6.07 Å². The number of rotatable bonds is 4. The summed E-state index contributed by atoms with van der Waals surface area (Å²) in [5.74, 6) is -1.58. The van der Waals surface area contributed by atoms with Crippen LogP contribution in [-0.4, -0.2) is 17.0 Å². The molecule has 1 amide bonds. The zero-order chi connectivity index (χ0) is 14.6. The van der Waals surface area contributed by atoms with Crippen LogP contribution in [0.15, 0.2) is 18.2 Å². The number of carboxylic acids is 1. The Bertz CT molecular complexity index is 497. The van der Waals surface area contributed by atoms with Gasteiger partial charge in [-0.25, -0.2) is 0 Å². The minimum Gasteiger partial charge on any atom is -0.481 e. The van der Waals surface area contributed by atoms with E-state index < -0.39 is 23.6 Å². The first-order valence-corrected chi connectivity index (χ1v) is 5.39. The summed E-state index contributed by atoms with van der Waals surface area (Å²) in [4.78, 5) is 21.4. The fourth-order valence-corrected chi connectivity index (χ4v) is 1.52. The Kier molecular flexibility index (Phi) is 4.52. The van der Waals surface area contributed by atoms with Crippen LogP contribution < -0.4 is 5.32 Å². The van der Waals surface area contributed by atoms with Gasteiger partial charge in [0.05, 0.1) is 5.56 Å². The van der Waals surface area contributed by atoms with Gasteiger partial charge in [-0.15, -0.1) is 0 Å². The van der Waals surface area contributed by atoms with Crippen LogP contribution in [0, 0.1) is 0 Å². The highest BCUT2D eigenvalue weighted by molar-refractivity contribution is 5.89. The first kappa shape index (κ1) is 15.0. The minimum absolute atomic E-state index is 0.0106. The van der Waals surface area contributed by atoms with Gasteiger partial charge in [-0.2, -0.15) is 13.2 Å². The van der Waals surface area contributed by atoms with Crippen LogP contribution in [0.25, 0.3) is 0 Å². The van der Waals surface area contributed by atoms with Crippen LogP contribution in [0.4, 0.5) is 18.9 Å². The number of aliphatic carboxylic acids is 1. The zero-order valence-corrected chi connectivity index (χ0v) is 10.0. The molecule has 0 radical (unpaired) electrons. The monoisotopic (exact) mass is 275 g/mol. The van der Waals surface area contributed by atoms with E-state index >= 15 is 0 Å². The van der Waals surface area contributed by atoms with E-state index in [1.165, 1.54) is 13.0 Å². The van der Waals surface area contributed by atoms with E-state index in [0.717, 1.165) is 12.1 Å². The largest absolute Gasteiger partial charge is 0.481 e. The van der Waals surface area contributed by atoms with Crippen LogP contribution in [-0.2, 0) is 22.2 Å². The molecule has 0 bridgehead atoms. The van der Waals surface area contributed by atoms with Crippen molar-refractivity contribution in [2.45, 2.75) is 25.9 Å². The molecule has 0 unspecified atom stereocenters. The summed E-state index contributed by atoms with van der Waals surface area (Å²) in [6, 6.07) is 2.85. The number of hydrogen-bond donors (Lipinski definition) is 2. The van der Waals surface area contributed by atoms with Crippen molar-refractivity contribution in [3.05, 3.63) is 29.3 Å². The van der Waals surface area contributed by atoms with Gasteiger partial charge in [0.1, 0.15) is 0 Å². The van der Waals surface area contributed by atoms with E-state index in [2.05, 4.69) is 5.32 Å². The molecule has 0 fully saturated rings. The summed E-state index contributed by atoms with van der Waals surface area (Å²) in [6.45, 7) is 1.17. The molecule has 0 saturated carbocycles. The molecule has 19 heavy (non-hydrogen) atoms. The van der Waals surface area contributed by atoms with Crippen LogP contribution in [0.3, 0.4) is 0 Å². The number of halogens is 3. The number of alkyl halides is 3. The lowest BCUT2D eigenvalue weighted by Crippen LogP contribution is -2.12. The SMILES string of the molecule is CC(=O)Nc1cc(C(F)(F)F)ccc1CCC(=O)O. The van der Waals surface area contributed by atoms with Gasteiger partial charge in [0.15, 0.2) is 0 Å². The van der Waals surface area contributed by atoms with Gasteiger partial charge in [0, 0.05) is 19.0 Å². The van der Waals surface area contributed by atoms with E-state index in [1.54, 1.807) is 0 Å². The molecule has 0 saturated heterocycles. The molecule has 4 nitrogen and oxygen atoms in total. The number of carbonyl (C=O) groups excluding carboxylic acids is 1. The second kappa shape index (κ2) is 5.73. The molecule has 7 heteroatoms. The van der Waals surface area contributed by atoms with Crippen molar-refractivity contribution in [3.63, 3.8) is 0 Å². The molecule has 1 rings (SSSR count). The average Bonchev–Trinajstić information content (AvgIpc) is 2.25. The normalized spacial score (nSPS) is 11.2. The average molecular weight is 275 g/mol. The molecular formula is C12H12F3NO3.